The van der Waals surface area contributed by atoms with Gasteiger partial charge in [-0.2, -0.15) is 5.10 Å². The lowest BCUT2D eigenvalue weighted by Crippen LogP contribution is -2.14. The third-order valence-corrected chi connectivity index (χ3v) is 4.01. The third kappa shape index (κ3) is 2.20. The fourth-order valence-corrected chi connectivity index (χ4v) is 2.97. The van der Waals surface area contributed by atoms with E-state index in [1.807, 2.05) is 12.1 Å². The summed E-state index contributed by atoms with van der Waals surface area (Å²) in [6, 6.07) is 7.33. The molecule has 20 heavy (non-hydrogen) atoms. The van der Waals surface area contributed by atoms with Crippen LogP contribution in [-0.2, 0) is 12.8 Å². The van der Waals surface area contributed by atoms with Crippen LogP contribution in [0.4, 0.5) is 0 Å². The lowest BCUT2D eigenvalue weighted by molar-refractivity contribution is 0.0688. The van der Waals surface area contributed by atoms with Gasteiger partial charge in [-0.15, -0.1) is 0 Å². The summed E-state index contributed by atoms with van der Waals surface area (Å²) in [6.45, 7) is 2.14. The maximum atomic E-state index is 11.4. The zero-order valence-corrected chi connectivity index (χ0v) is 11.9. The molecule has 0 aliphatic heterocycles. The molecule has 1 N–H and O–H groups in total. The summed E-state index contributed by atoms with van der Waals surface area (Å²) in [4.78, 5) is 11.4. The number of rotatable bonds is 2. The number of halogens is 1. The van der Waals surface area contributed by atoms with E-state index < -0.39 is 5.97 Å². The van der Waals surface area contributed by atoms with Crippen LogP contribution in [0.5, 0.6) is 0 Å². The average molecular weight is 291 g/mol. The van der Waals surface area contributed by atoms with E-state index in [9.17, 15) is 9.90 Å². The van der Waals surface area contributed by atoms with Crippen LogP contribution in [0.1, 0.15) is 35.1 Å². The van der Waals surface area contributed by atoms with Crippen LogP contribution in [0.15, 0.2) is 24.3 Å². The number of carboxylic acids is 1. The zero-order chi connectivity index (χ0) is 14.3. The van der Waals surface area contributed by atoms with Gasteiger partial charge in [-0.1, -0.05) is 24.6 Å². The summed E-state index contributed by atoms with van der Waals surface area (Å²) in [5.41, 5.74) is 2.86. The van der Waals surface area contributed by atoms with Gasteiger partial charge in [0.15, 0.2) is 5.69 Å². The monoisotopic (exact) mass is 290 g/mol. The van der Waals surface area contributed by atoms with Crippen molar-refractivity contribution in [2.24, 2.45) is 5.92 Å². The highest BCUT2D eigenvalue weighted by Crippen LogP contribution is 2.30. The minimum atomic E-state index is -0.962. The minimum absolute atomic E-state index is 0.173. The summed E-state index contributed by atoms with van der Waals surface area (Å²) in [5.74, 6) is -0.464. The highest BCUT2D eigenvalue weighted by molar-refractivity contribution is 6.30. The molecule has 0 saturated heterocycles. The number of benzene rings is 1. The Kier molecular flexibility index (Phi) is 3.26. The highest BCUT2D eigenvalue weighted by Gasteiger charge is 2.27. The molecule has 0 bridgehead atoms. The molecule has 0 amide bonds. The molecule has 5 heteroatoms. The lowest BCUT2D eigenvalue weighted by Gasteiger charge is -2.19. The third-order valence-electron chi connectivity index (χ3n) is 3.77. The SMILES string of the molecule is CC1CCc2c(c(C(=O)O)nn2-c2cccc(Cl)c2)C1. The van der Waals surface area contributed by atoms with Crippen molar-refractivity contribution in [1.29, 1.82) is 0 Å². The first kappa shape index (κ1) is 13.2. The van der Waals surface area contributed by atoms with Crippen molar-refractivity contribution in [2.45, 2.75) is 26.2 Å². The van der Waals surface area contributed by atoms with Gasteiger partial charge in [0.2, 0.25) is 0 Å². The molecule has 0 spiro atoms. The Balaban J connectivity index is 2.17. The Morgan fingerprint density at radius 3 is 3.00 bits per heavy atom. The van der Waals surface area contributed by atoms with Crippen molar-refractivity contribution in [2.75, 3.05) is 0 Å². The molecular formula is C15H15ClN2O2. The number of aromatic carboxylic acids is 1. The van der Waals surface area contributed by atoms with E-state index in [2.05, 4.69) is 12.0 Å². The summed E-state index contributed by atoms with van der Waals surface area (Å²) < 4.78 is 1.73. The molecule has 1 aromatic carbocycles. The molecule has 2 aromatic rings. The molecule has 1 aliphatic carbocycles. The summed E-state index contributed by atoms with van der Waals surface area (Å²) in [7, 11) is 0. The van der Waals surface area contributed by atoms with E-state index in [4.69, 9.17) is 11.6 Å². The van der Waals surface area contributed by atoms with Crippen molar-refractivity contribution in [1.82, 2.24) is 9.78 Å². The number of hydrogen-bond acceptors (Lipinski definition) is 2. The quantitative estimate of drug-likeness (QED) is 0.923. The summed E-state index contributed by atoms with van der Waals surface area (Å²) in [5, 5.41) is 14.3. The Bertz CT molecular complexity index is 679. The molecule has 4 nitrogen and oxygen atoms in total. The van der Waals surface area contributed by atoms with Crippen LogP contribution in [0, 0.1) is 5.92 Å². The van der Waals surface area contributed by atoms with Gasteiger partial charge in [0.25, 0.3) is 0 Å². The fourth-order valence-electron chi connectivity index (χ4n) is 2.78. The standard InChI is InChI=1S/C15H15ClN2O2/c1-9-5-6-13-12(7-9)14(15(19)20)17-18(13)11-4-2-3-10(16)8-11/h2-4,8-9H,5-7H2,1H3,(H,19,20). The maximum absolute atomic E-state index is 11.4. The predicted octanol–water partition coefficient (Wildman–Crippen LogP) is 3.35. The molecule has 1 aliphatic rings. The van der Waals surface area contributed by atoms with E-state index in [0.29, 0.717) is 10.9 Å². The summed E-state index contributed by atoms with van der Waals surface area (Å²) >= 11 is 6.01. The number of carboxylic acid groups (broad SMARTS) is 1. The molecule has 1 unspecified atom stereocenters. The van der Waals surface area contributed by atoms with Crippen LogP contribution in [0.25, 0.3) is 5.69 Å². The van der Waals surface area contributed by atoms with Crippen LogP contribution in [0.2, 0.25) is 5.02 Å². The number of carbonyl (C=O) groups is 1. The van der Waals surface area contributed by atoms with Crippen molar-refractivity contribution in [3.8, 4) is 5.69 Å². The second kappa shape index (κ2) is 4.94. The van der Waals surface area contributed by atoms with Crippen molar-refractivity contribution in [3.05, 3.63) is 46.2 Å². The molecule has 0 radical (unpaired) electrons. The van der Waals surface area contributed by atoms with Gasteiger partial charge in [-0.05, 0) is 43.4 Å². The number of aromatic nitrogens is 2. The molecule has 0 saturated carbocycles. The first-order chi connectivity index (χ1) is 9.56. The lowest BCUT2D eigenvalue weighted by atomic mass is 9.87. The fraction of sp³-hybridized carbons (Fsp3) is 0.333. The van der Waals surface area contributed by atoms with Crippen LogP contribution in [0.3, 0.4) is 0 Å². The maximum Gasteiger partial charge on any atom is 0.356 e. The van der Waals surface area contributed by atoms with Crippen molar-refractivity contribution >= 4 is 17.6 Å². The molecule has 0 fully saturated rings. The van der Waals surface area contributed by atoms with Gasteiger partial charge in [0, 0.05) is 16.3 Å². The molecular weight excluding hydrogens is 276 g/mol. The van der Waals surface area contributed by atoms with Gasteiger partial charge < -0.3 is 5.11 Å². The van der Waals surface area contributed by atoms with Crippen LogP contribution >= 0.6 is 11.6 Å². The second-order valence-electron chi connectivity index (χ2n) is 5.32. The number of fused-ring (bicyclic) bond motifs is 1. The smallest absolute Gasteiger partial charge is 0.356 e. The minimum Gasteiger partial charge on any atom is -0.476 e. The Labute approximate surface area is 122 Å². The van der Waals surface area contributed by atoms with Gasteiger partial charge in [0.05, 0.1) is 5.69 Å². The second-order valence-corrected chi connectivity index (χ2v) is 5.76. The van der Waals surface area contributed by atoms with Gasteiger partial charge in [-0.3, -0.25) is 0 Å². The predicted molar refractivity (Wildman–Crippen MR) is 76.7 cm³/mol. The van der Waals surface area contributed by atoms with Gasteiger partial charge in [0.1, 0.15) is 0 Å². The first-order valence-corrected chi connectivity index (χ1v) is 7.04. The Morgan fingerprint density at radius 2 is 2.30 bits per heavy atom. The molecule has 1 atom stereocenters. The number of hydrogen-bond donors (Lipinski definition) is 1. The summed E-state index contributed by atoms with van der Waals surface area (Å²) in [6.07, 6.45) is 2.68. The topological polar surface area (TPSA) is 55.1 Å². The van der Waals surface area contributed by atoms with Crippen molar-refractivity contribution in [3.63, 3.8) is 0 Å². The van der Waals surface area contributed by atoms with E-state index in [0.717, 1.165) is 36.2 Å². The van der Waals surface area contributed by atoms with Crippen LogP contribution in [-0.4, -0.2) is 20.9 Å². The molecule has 1 aromatic heterocycles. The first-order valence-electron chi connectivity index (χ1n) is 6.66. The Hall–Kier alpha value is -1.81. The largest absolute Gasteiger partial charge is 0.476 e. The normalized spacial score (nSPS) is 17.8. The van der Waals surface area contributed by atoms with Gasteiger partial charge in [-0.25, -0.2) is 9.48 Å². The molecule has 104 valence electrons. The van der Waals surface area contributed by atoms with E-state index >= 15 is 0 Å². The molecule has 1 heterocycles. The zero-order valence-electron chi connectivity index (χ0n) is 11.1. The number of nitrogens with zero attached hydrogens (tertiary/aromatic N) is 2. The van der Waals surface area contributed by atoms with E-state index in [1.165, 1.54) is 0 Å². The van der Waals surface area contributed by atoms with Crippen LogP contribution < -0.4 is 0 Å². The average Bonchev–Trinajstić information content (AvgIpc) is 2.77. The highest BCUT2D eigenvalue weighted by atomic mass is 35.5. The van der Waals surface area contributed by atoms with Crippen molar-refractivity contribution < 1.29 is 9.90 Å². The van der Waals surface area contributed by atoms with Gasteiger partial charge >= 0.3 is 5.97 Å². The Morgan fingerprint density at radius 1 is 1.50 bits per heavy atom. The molecule has 3 rings (SSSR count). The van der Waals surface area contributed by atoms with E-state index in [-0.39, 0.29) is 5.69 Å². The van der Waals surface area contributed by atoms with E-state index in [1.54, 1.807) is 16.8 Å².